The van der Waals surface area contributed by atoms with Gasteiger partial charge in [0.15, 0.2) is 5.58 Å². The molecule has 36 heavy (non-hydrogen) atoms. The minimum atomic E-state index is 0.0224. The number of hydrogen-bond donors (Lipinski definition) is 2. The largest absolute Gasteiger partial charge is 0.436 e. The summed E-state index contributed by atoms with van der Waals surface area (Å²) in [5.74, 6) is 1.85. The molecule has 1 spiro atoms. The molecule has 2 N–H and O–H groups in total. The summed E-state index contributed by atoms with van der Waals surface area (Å²) in [6.45, 7) is 3.87. The van der Waals surface area contributed by atoms with E-state index in [4.69, 9.17) is 14.1 Å². The molecule has 0 radical (unpaired) electrons. The van der Waals surface area contributed by atoms with Crippen LogP contribution in [0, 0.1) is 11.3 Å². The number of anilines is 3. The molecule has 1 amide bonds. The van der Waals surface area contributed by atoms with Crippen molar-refractivity contribution in [3.8, 4) is 11.5 Å². The molecule has 184 valence electrons. The summed E-state index contributed by atoms with van der Waals surface area (Å²) in [5.41, 5.74) is 3.89. The molecular formula is C27H28N6O3. The van der Waals surface area contributed by atoms with Crippen LogP contribution in [0.25, 0.3) is 33.3 Å². The van der Waals surface area contributed by atoms with Crippen molar-refractivity contribution < 1.29 is 13.9 Å². The van der Waals surface area contributed by atoms with Crippen molar-refractivity contribution in [2.45, 2.75) is 25.7 Å². The van der Waals surface area contributed by atoms with Gasteiger partial charge < -0.3 is 24.7 Å². The van der Waals surface area contributed by atoms with Gasteiger partial charge in [0.1, 0.15) is 17.2 Å². The van der Waals surface area contributed by atoms with Crippen LogP contribution in [-0.2, 0) is 9.53 Å². The first-order chi connectivity index (χ1) is 17.6. The van der Waals surface area contributed by atoms with E-state index in [0.29, 0.717) is 22.9 Å². The number of fused-ring (bicyclic) bond motifs is 2. The van der Waals surface area contributed by atoms with E-state index >= 15 is 0 Å². The number of amides is 1. The van der Waals surface area contributed by atoms with Crippen molar-refractivity contribution in [3.05, 3.63) is 36.7 Å². The van der Waals surface area contributed by atoms with Gasteiger partial charge in [-0.15, -0.1) is 0 Å². The van der Waals surface area contributed by atoms with Crippen molar-refractivity contribution in [1.82, 2.24) is 15.0 Å². The molecule has 1 aromatic carbocycles. The second-order valence-electron chi connectivity index (χ2n) is 10.3. The molecule has 0 bridgehead atoms. The van der Waals surface area contributed by atoms with Crippen LogP contribution in [0.3, 0.4) is 0 Å². The smallest absolute Gasteiger partial charge is 0.229 e. The molecule has 3 aromatic heterocycles. The third-order valence-electron chi connectivity index (χ3n) is 7.78. The van der Waals surface area contributed by atoms with Crippen LogP contribution < -0.4 is 15.5 Å². The van der Waals surface area contributed by atoms with Crippen LogP contribution in [0.1, 0.15) is 25.7 Å². The van der Waals surface area contributed by atoms with Crippen LogP contribution in [0.5, 0.6) is 0 Å². The molecule has 1 saturated carbocycles. The van der Waals surface area contributed by atoms with E-state index < -0.39 is 0 Å². The standard InChI is InChI=1S/C27H28N6O3/c1-28-24-19-12-29-23(32-25(34)16-2-3-16)11-18(19)20(13-30-24)26-31-21-10-17(4-5-22(21)36-26)33-14-27(15-33)6-8-35-9-7-27/h4-5,10-13,16H,2-3,6-9,14-15H2,1H3,(H,28,30)(H,29,32,34). The number of nitrogens with zero attached hydrogens (tertiary/aromatic N) is 4. The lowest BCUT2D eigenvalue weighted by molar-refractivity contribution is -0.117. The Kier molecular flexibility index (Phi) is 4.89. The molecule has 1 aliphatic carbocycles. The summed E-state index contributed by atoms with van der Waals surface area (Å²) < 4.78 is 11.7. The fourth-order valence-electron chi connectivity index (χ4n) is 5.44. The topological polar surface area (TPSA) is 105 Å². The fraction of sp³-hybridized carbons (Fsp3) is 0.407. The maximum absolute atomic E-state index is 12.3. The van der Waals surface area contributed by atoms with Crippen LogP contribution in [0.4, 0.5) is 17.3 Å². The van der Waals surface area contributed by atoms with E-state index in [9.17, 15) is 4.79 Å². The molecule has 0 unspecified atom stereocenters. The highest BCUT2D eigenvalue weighted by Gasteiger charge is 2.44. The molecule has 5 heterocycles. The SMILES string of the molecule is CNc1ncc(-c2nc3cc(N4CC5(CCOCC5)C4)ccc3o2)c2cc(NC(=O)C3CC3)ncc12. The first-order valence-corrected chi connectivity index (χ1v) is 12.6. The monoisotopic (exact) mass is 484 g/mol. The van der Waals surface area contributed by atoms with Crippen molar-refractivity contribution in [3.63, 3.8) is 0 Å². The highest BCUT2D eigenvalue weighted by molar-refractivity contribution is 6.03. The number of pyridine rings is 2. The minimum Gasteiger partial charge on any atom is -0.436 e. The maximum atomic E-state index is 12.3. The molecule has 9 nitrogen and oxygen atoms in total. The molecule has 0 atom stereocenters. The van der Waals surface area contributed by atoms with Crippen LogP contribution >= 0.6 is 0 Å². The van der Waals surface area contributed by atoms with Crippen molar-refractivity contribution in [2.24, 2.45) is 11.3 Å². The van der Waals surface area contributed by atoms with Gasteiger partial charge in [0, 0.05) is 73.5 Å². The van der Waals surface area contributed by atoms with E-state index in [1.54, 1.807) is 12.4 Å². The molecule has 3 fully saturated rings. The Labute approximate surface area is 208 Å². The van der Waals surface area contributed by atoms with Crippen LogP contribution in [-0.4, -0.2) is 54.2 Å². The van der Waals surface area contributed by atoms with Crippen LogP contribution in [0.15, 0.2) is 41.1 Å². The van der Waals surface area contributed by atoms with E-state index in [2.05, 4.69) is 37.6 Å². The lowest BCUT2D eigenvalue weighted by Gasteiger charge is -2.53. The van der Waals surface area contributed by atoms with Crippen molar-refractivity contribution in [1.29, 1.82) is 0 Å². The number of hydrogen-bond acceptors (Lipinski definition) is 8. The normalized spacial score (nSPS) is 19.0. The third kappa shape index (κ3) is 3.65. The second-order valence-corrected chi connectivity index (χ2v) is 10.3. The number of aromatic nitrogens is 3. The highest BCUT2D eigenvalue weighted by atomic mass is 16.5. The first-order valence-electron chi connectivity index (χ1n) is 12.6. The van der Waals surface area contributed by atoms with Gasteiger partial charge in [-0.25, -0.2) is 15.0 Å². The lowest BCUT2D eigenvalue weighted by Crippen LogP contribution is -2.58. The number of rotatable bonds is 5. The predicted octanol–water partition coefficient (Wildman–Crippen LogP) is 4.45. The molecule has 4 aromatic rings. The zero-order valence-corrected chi connectivity index (χ0v) is 20.2. The molecule has 9 heteroatoms. The Balaban J connectivity index is 1.22. The van der Waals surface area contributed by atoms with Gasteiger partial charge in [0.05, 0.1) is 5.56 Å². The molecule has 2 aliphatic heterocycles. The van der Waals surface area contributed by atoms with E-state index in [-0.39, 0.29) is 11.8 Å². The van der Waals surface area contributed by atoms with E-state index in [0.717, 1.165) is 79.4 Å². The predicted molar refractivity (Wildman–Crippen MR) is 138 cm³/mol. The van der Waals surface area contributed by atoms with E-state index in [1.165, 1.54) is 5.69 Å². The van der Waals surface area contributed by atoms with Crippen LogP contribution in [0.2, 0.25) is 0 Å². The molecule has 2 saturated heterocycles. The summed E-state index contributed by atoms with van der Waals surface area (Å²) in [6.07, 6.45) is 7.65. The molecule has 7 rings (SSSR count). The zero-order valence-electron chi connectivity index (χ0n) is 20.2. The van der Waals surface area contributed by atoms with Gasteiger partial charge in [-0.3, -0.25) is 4.79 Å². The van der Waals surface area contributed by atoms with Gasteiger partial charge in [-0.2, -0.15) is 0 Å². The van der Waals surface area contributed by atoms with Crippen molar-refractivity contribution in [2.75, 3.05) is 48.9 Å². The number of carbonyl (C=O) groups excluding carboxylic acids is 1. The Morgan fingerprint density at radius 1 is 1.08 bits per heavy atom. The quantitative estimate of drug-likeness (QED) is 0.428. The number of carbonyl (C=O) groups is 1. The lowest BCUT2D eigenvalue weighted by atomic mass is 9.73. The number of oxazole rings is 1. The summed E-state index contributed by atoms with van der Waals surface area (Å²) in [4.78, 5) is 28.6. The average molecular weight is 485 g/mol. The summed E-state index contributed by atoms with van der Waals surface area (Å²) in [5, 5.41) is 7.76. The highest BCUT2D eigenvalue weighted by Crippen LogP contribution is 2.43. The Bertz CT molecular complexity index is 1480. The third-order valence-corrected chi connectivity index (χ3v) is 7.78. The van der Waals surface area contributed by atoms with Gasteiger partial charge in [0.2, 0.25) is 11.8 Å². The fourth-order valence-corrected chi connectivity index (χ4v) is 5.44. The Morgan fingerprint density at radius 3 is 2.69 bits per heavy atom. The van der Waals surface area contributed by atoms with E-state index in [1.807, 2.05) is 19.2 Å². The molecule has 3 aliphatic rings. The molecular weight excluding hydrogens is 456 g/mol. The van der Waals surface area contributed by atoms with Gasteiger partial charge in [0.25, 0.3) is 0 Å². The van der Waals surface area contributed by atoms with Gasteiger partial charge in [-0.1, -0.05) is 0 Å². The zero-order chi connectivity index (χ0) is 24.3. The number of nitrogens with one attached hydrogen (secondary N) is 2. The number of benzene rings is 1. The summed E-state index contributed by atoms with van der Waals surface area (Å²) >= 11 is 0. The second kappa shape index (κ2) is 8.16. The summed E-state index contributed by atoms with van der Waals surface area (Å²) in [7, 11) is 1.82. The maximum Gasteiger partial charge on any atom is 0.229 e. The average Bonchev–Trinajstić information content (AvgIpc) is 3.66. The first kappa shape index (κ1) is 21.6. The van der Waals surface area contributed by atoms with Gasteiger partial charge in [-0.05, 0) is 49.9 Å². The Hall–Kier alpha value is -3.72. The Morgan fingerprint density at radius 2 is 1.92 bits per heavy atom. The van der Waals surface area contributed by atoms with Crippen molar-refractivity contribution >= 4 is 45.1 Å². The summed E-state index contributed by atoms with van der Waals surface area (Å²) in [6, 6.07) is 8.09. The number of ether oxygens (including phenoxy) is 1. The minimum absolute atomic E-state index is 0.0224. The van der Waals surface area contributed by atoms with Gasteiger partial charge >= 0.3 is 0 Å².